The Morgan fingerprint density at radius 1 is 1.57 bits per heavy atom. The summed E-state index contributed by atoms with van der Waals surface area (Å²) in [4.78, 5) is 0. The van der Waals surface area contributed by atoms with Crippen LogP contribution in [0.1, 0.15) is 13.3 Å². The van der Waals surface area contributed by atoms with Crippen molar-refractivity contribution < 1.29 is 4.74 Å². The van der Waals surface area contributed by atoms with Gasteiger partial charge in [0, 0.05) is 25.8 Å². The zero-order valence-corrected chi connectivity index (χ0v) is 8.92. The molecule has 14 heavy (non-hydrogen) atoms. The molecule has 4 nitrogen and oxygen atoms in total. The van der Waals surface area contributed by atoms with Crippen LogP contribution < -0.4 is 5.32 Å². The second kappa shape index (κ2) is 6.56. The highest BCUT2D eigenvalue weighted by Gasteiger charge is 1.94. The molecule has 0 atom stereocenters. The maximum Gasteiger partial charge on any atom is 0.153 e. The summed E-state index contributed by atoms with van der Waals surface area (Å²) in [5.74, 6) is 0. The summed E-state index contributed by atoms with van der Waals surface area (Å²) in [5, 5.41) is 11.0. The van der Waals surface area contributed by atoms with Crippen LogP contribution in [-0.4, -0.2) is 30.0 Å². The third-order valence-corrected chi connectivity index (χ3v) is 1.81. The van der Waals surface area contributed by atoms with Gasteiger partial charge in [0.1, 0.15) is 0 Å². The van der Waals surface area contributed by atoms with Gasteiger partial charge >= 0.3 is 0 Å². The van der Waals surface area contributed by atoms with Crippen molar-refractivity contribution in [3.8, 4) is 0 Å². The molecule has 1 aromatic heterocycles. The summed E-state index contributed by atoms with van der Waals surface area (Å²) in [6, 6.07) is 1.75. The lowest BCUT2D eigenvalue weighted by Gasteiger charge is -2.05. The monoisotopic (exact) mass is 215 g/mol. The highest BCUT2D eigenvalue weighted by molar-refractivity contribution is 6.29. The third kappa shape index (κ3) is 4.39. The van der Waals surface area contributed by atoms with Crippen LogP contribution in [0.25, 0.3) is 0 Å². The lowest BCUT2D eigenvalue weighted by atomic mass is 10.4. The van der Waals surface area contributed by atoms with Crippen LogP contribution in [0.15, 0.2) is 12.3 Å². The fraction of sp³-hybridized carbons (Fsp3) is 0.556. The summed E-state index contributed by atoms with van der Waals surface area (Å²) >= 11 is 5.67. The summed E-state index contributed by atoms with van der Waals surface area (Å²) in [5.41, 5.74) is 0.890. The van der Waals surface area contributed by atoms with E-state index >= 15 is 0 Å². The number of ether oxygens (including phenoxy) is 1. The average Bonchev–Trinajstić information content (AvgIpc) is 2.18. The van der Waals surface area contributed by atoms with Crippen LogP contribution in [0, 0.1) is 0 Å². The Morgan fingerprint density at radius 3 is 3.14 bits per heavy atom. The third-order valence-electron chi connectivity index (χ3n) is 1.62. The molecule has 78 valence electrons. The van der Waals surface area contributed by atoms with Gasteiger partial charge in [-0.05, 0) is 13.3 Å². The Hall–Kier alpha value is -0.870. The average molecular weight is 216 g/mol. The summed E-state index contributed by atoms with van der Waals surface area (Å²) in [7, 11) is 0. The smallest absolute Gasteiger partial charge is 0.153 e. The van der Waals surface area contributed by atoms with Gasteiger partial charge in [-0.2, -0.15) is 5.10 Å². The van der Waals surface area contributed by atoms with Gasteiger partial charge in [0.25, 0.3) is 0 Å². The fourth-order valence-electron chi connectivity index (χ4n) is 0.989. The van der Waals surface area contributed by atoms with Crippen LogP contribution >= 0.6 is 11.6 Å². The molecule has 1 heterocycles. The minimum atomic E-state index is 0.403. The quantitative estimate of drug-likeness (QED) is 0.738. The molecule has 0 aliphatic heterocycles. The molecule has 1 aromatic rings. The molecule has 0 radical (unpaired) electrons. The Balaban J connectivity index is 2.18. The number of hydrogen-bond acceptors (Lipinski definition) is 4. The maximum absolute atomic E-state index is 5.67. The second-order valence-electron chi connectivity index (χ2n) is 2.74. The van der Waals surface area contributed by atoms with E-state index in [9.17, 15) is 0 Å². The Labute approximate surface area is 88.6 Å². The largest absolute Gasteiger partial charge is 0.384 e. The zero-order valence-electron chi connectivity index (χ0n) is 8.16. The van der Waals surface area contributed by atoms with Crippen molar-refractivity contribution in [3.05, 3.63) is 17.4 Å². The molecule has 5 heteroatoms. The molecule has 0 saturated carbocycles. The molecule has 0 bridgehead atoms. The Kier molecular flexibility index (Phi) is 5.25. The first-order valence-electron chi connectivity index (χ1n) is 4.62. The number of nitrogens with zero attached hydrogens (tertiary/aromatic N) is 2. The lowest BCUT2D eigenvalue weighted by Crippen LogP contribution is -2.06. The predicted molar refractivity (Wildman–Crippen MR) is 56.6 cm³/mol. The molecule has 0 unspecified atom stereocenters. The maximum atomic E-state index is 5.67. The van der Waals surface area contributed by atoms with Crippen LogP contribution in [-0.2, 0) is 4.74 Å². The van der Waals surface area contributed by atoms with E-state index in [1.165, 1.54) is 0 Å². The van der Waals surface area contributed by atoms with E-state index in [2.05, 4.69) is 15.5 Å². The van der Waals surface area contributed by atoms with Crippen LogP contribution in [0.2, 0.25) is 5.15 Å². The minimum absolute atomic E-state index is 0.403. The van der Waals surface area contributed by atoms with Gasteiger partial charge < -0.3 is 10.1 Å². The van der Waals surface area contributed by atoms with Crippen LogP contribution in [0.3, 0.4) is 0 Å². The number of aromatic nitrogens is 2. The topological polar surface area (TPSA) is 47.0 Å². The Morgan fingerprint density at radius 2 is 2.43 bits per heavy atom. The van der Waals surface area contributed by atoms with E-state index in [-0.39, 0.29) is 0 Å². The molecule has 0 fully saturated rings. The standard InChI is InChI=1S/C9H14ClN3O/c1-2-14-5-3-4-11-8-6-9(10)13-12-7-8/h6-7H,2-5H2,1H3,(H,11,13). The highest BCUT2D eigenvalue weighted by atomic mass is 35.5. The molecule has 0 aliphatic rings. The van der Waals surface area contributed by atoms with E-state index in [1.807, 2.05) is 6.92 Å². The first kappa shape index (κ1) is 11.2. The molecule has 1 rings (SSSR count). The van der Waals surface area contributed by atoms with E-state index in [4.69, 9.17) is 16.3 Å². The van der Waals surface area contributed by atoms with Crippen molar-refractivity contribution in [2.24, 2.45) is 0 Å². The predicted octanol–water partition coefficient (Wildman–Crippen LogP) is 1.97. The highest BCUT2D eigenvalue weighted by Crippen LogP contribution is 2.09. The van der Waals surface area contributed by atoms with Gasteiger partial charge in [0.05, 0.1) is 11.9 Å². The second-order valence-corrected chi connectivity index (χ2v) is 3.13. The number of hydrogen-bond donors (Lipinski definition) is 1. The van der Waals surface area contributed by atoms with Gasteiger partial charge in [-0.3, -0.25) is 0 Å². The van der Waals surface area contributed by atoms with Crippen molar-refractivity contribution in [1.29, 1.82) is 0 Å². The Bertz CT molecular complexity index is 270. The van der Waals surface area contributed by atoms with Crippen molar-refractivity contribution in [2.75, 3.05) is 25.1 Å². The van der Waals surface area contributed by atoms with Crippen molar-refractivity contribution in [3.63, 3.8) is 0 Å². The van der Waals surface area contributed by atoms with Crippen LogP contribution in [0.4, 0.5) is 5.69 Å². The molecular formula is C9H14ClN3O. The molecule has 0 aliphatic carbocycles. The number of anilines is 1. The van der Waals surface area contributed by atoms with E-state index in [0.29, 0.717) is 5.15 Å². The summed E-state index contributed by atoms with van der Waals surface area (Å²) in [6.45, 7) is 4.38. The number of halogens is 1. The number of nitrogens with one attached hydrogen (secondary N) is 1. The molecule has 0 spiro atoms. The summed E-state index contributed by atoms with van der Waals surface area (Å²) in [6.07, 6.45) is 2.61. The normalized spacial score (nSPS) is 10.1. The van der Waals surface area contributed by atoms with Gasteiger partial charge in [-0.1, -0.05) is 11.6 Å². The SMILES string of the molecule is CCOCCCNc1cnnc(Cl)c1. The molecule has 1 N–H and O–H groups in total. The minimum Gasteiger partial charge on any atom is -0.384 e. The molecule has 0 aromatic carbocycles. The van der Waals surface area contributed by atoms with Crippen molar-refractivity contribution >= 4 is 17.3 Å². The first-order valence-corrected chi connectivity index (χ1v) is 5.00. The summed E-state index contributed by atoms with van der Waals surface area (Å²) < 4.78 is 5.20. The van der Waals surface area contributed by atoms with Crippen molar-refractivity contribution in [1.82, 2.24) is 10.2 Å². The van der Waals surface area contributed by atoms with Crippen LogP contribution in [0.5, 0.6) is 0 Å². The van der Waals surface area contributed by atoms with Gasteiger partial charge in [-0.25, -0.2) is 0 Å². The number of rotatable bonds is 6. The van der Waals surface area contributed by atoms with E-state index < -0.39 is 0 Å². The van der Waals surface area contributed by atoms with Gasteiger partial charge in [0.15, 0.2) is 5.15 Å². The zero-order chi connectivity index (χ0) is 10.2. The van der Waals surface area contributed by atoms with Crippen molar-refractivity contribution in [2.45, 2.75) is 13.3 Å². The molecular weight excluding hydrogens is 202 g/mol. The van der Waals surface area contributed by atoms with Gasteiger partial charge in [0.2, 0.25) is 0 Å². The first-order chi connectivity index (χ1) is 6.83. The molecule has 0 amide bonds. The van der Waals surface area contributed by atoms with Gasteiger partial charge in [-0.15, -0.1) is 5.10 Å². The van der Waals surface area contributed by atoms with E-state index in [0.717, 1.165) is 31.9 Å². The fourth-order valence-corrected chi connectivity index (χ4v) is 1.15. The molecule has 0 saturated heterocycles. The lowest BCUT2D eigenvalue weighted by molar-refractivity contribution is 0.147. The van der Waals surface area contributed by atoms with E-state index in [1.54, 1.807) is 12.3 Å².